The molecule has 0 bridgehead atoms. The monoisotopic (exact) mass is 559 g/mol. The summed E-state index contributed by atoms with van der Waals surface area (Å²) in [5.41, 5.74) is 2.09. The first-order chi connectivity index (χ1) is 26.8. The first-order valence-corrected chi connectivity index (χ1v) is 13.7. The smallest absolute Gasteiger partial charge is 0.143 e. The summed E-state index contributed by atoms with van der Waals surface area (Å²) in [5.74, 6) is 0. The Morgan fingerprint density at radius 3 is 1.74 bits per heavy atom. The number of para-hydroxylation sites is 1. The van der Waals surface area contributed by atoms with Crippen LogP contribution in [0.4, 0.5) is 0 Å². The van der Waals surface area contributed by atoms with E-state index in [2.05, 4.69) is 0 Å². The van der Waals surface area contributed by atoms with Crippen molar-refractivity contribution in [3.05, 3.63) is 157 Å². The maximum atomic E-state index is 9.32. The molecule has 1 heterocycles. The van der Waals surface area contributed by atoms with Crippen molar-refractivity contribution >= 4 is 54.3 Å². The Morgan fingerprint density at radius 1 is 0.419 bits per heavy atom. The lowest BCUT2D eigenvalue weighted by Crippen LogP contribution is -1.91. The predicted octanol–water partition coefficient (Wildman–Crippen LogP) is 12.0. The van der Waals surface area contributed by atoms with Crippen LogP contribution in [0.15, 0.2) is 162 Å². The van der Waals surface area contributed by atoms with Gasteiger partial charge in [-0.2, -0.15) is 0 Å². The largest absolute Gasteiger partial charge is 0.455 e. The van der Waals surface area contributed by atoms with E-state index in [-0.39, 0.29) is 43.8 Å². The molecule has 8 aromatic carbocycles. The molecule has 0 atom stereocenters. The Bertz CT molecular complexity index is 3130. The Labute approximate surface area is 267 Å². The van der Waals surface area contributed by atoms with Gasteiger partial charge in [-0.15, -0.1) is 0 Å². The van der Waals surface area contributed by atoms with Crippen molar-refractivity contribution in [3.63, 3.8) is 0 Å². The molecule has 0 unspecified atom stereocenters. The molecule has 1 heteroatoms. The van der Waals surface area contributed by atoms with E-state index in [0.717, 1.165) is 27.3 Å². The molecule has 0 saturated heterocycles. The van der Waals surface area contributed by atoms with Crippen molar-refractivity contribution in [2.45, 2.75) is 0 Å². The normalized spacial score (nSPS) is 16.0. The lowest BCUT2D eigenvalue weighted by molar-refractivity contribution is 0.670. The average Bonchev–Trinajstić information content (AvgIpc) is 3.60. The third kappa shape index (κ3) is 3.58. The first-order valence-electron chi connectivity index (χ1n) is 20.2. The second kappa shape index (κ2) is 9.44. The molecule has 0 aliphatic heterocycles. The summed E-state index contributed by atoms with van der Waals surface area (Å²) >= 11 is 0. The molecule has 0 aliphatic carbocycles. The summed E-state index contributed by atoms with van der Waals surface area (Å²) in [6.07, 6.45) is 0. The van der Waals surface area contributed by atoms with Crippen LogP contribution in [0.5, 0.6) is 0 Å². The number of fused-ring (bicyclic) bond motifs is 6. The van der Waals surface area contributed by atoms with Crippen LogP contribution in [0, 0.1) is 0 Å². The van der Waals surface area contributed by atoms with Gasteiger partial charge < -0.3 is 4.42 Å². The minimum atomic E-state index is -0.720. The Kier molecular flexibility index (Phi) is 3.18. The van der Waals surface area contributed by atoms with Gasteiger partial charge >= 0.3 is 0 Å². The van der Waals surface area contributed by atoms with E-state index in [0.29, 0.717) is 11.0 Å². The molecule has 9 aromatic rings. The molecule has 0 spiro atoms. The molecule has 200 valence electrons. The fourth-order valence-electron chi connectivity index (χ4n) is 6.25. The van der Waals surface area contributed by atoms with Crippen molar-refractivity contribution in [1.29, 1.82) is 0 Å². The summed E-state index contributed by atoms with van der Waals surface area (Å²) in [5, 5.41) is 2.57. The van der Waals surface area contributed by atoms with Gasteiger partial charge in [-0.1, -0.05) is 151 Å². The van der Waals surface area contributed by atoms with Crippen LogP contribution in [0.1, 0.15) is 17.8 Å². The highest BCUT2D eigenvalue weighted by atomic mass is 16.3. The van der Waals surface area contributed by atoms with Crippen molar-refractivity contribution in [2.75, 3.05) is 0 Å². The van der Waals surface area contributed by atoms with Gasteiger partial charge in [0, 0.05) is 21.9 Å². The standard InChI is InChI=1S/C42H26O/c1-2-14-28(15-3-1)39-32-18-6-8-20-34(32)40(35-21-9-7-19-33(35)39)36-24-11-25-37-41-31(23-12-26-38(41)43-42(36)37)30-22-10-16-27-13-4-5-17-29(27)30/h1-26H/i1D,2D,3D,6D,7D,8D,9D,14D,15D,18D,19D,20D,21D. The second-order valence-corrected chi connectivity index (χ2v) is 10.2. The van der Waals surface area contributed by atoms with Crippen LogP contribution in [-0.2, 0) is 0 Å². The van der Waals surface area contributed by atoms with Gasteiger partial charge in [-0.3, -0.25) is 0 Å². The molecular formula is C42H26O. The van der Waals surface area contributed by atoms with Gasteiger partial charge in [0.25, 0.3) is 0 Å². The SMILES string of the molecule is [2H]c1c([2H])c([2H])c(-c2c3c([2H])c([2H])c([2H])c([2H])c3c(-c3cccc4c3oc3cccc(-c5cccc6ccccc56)c34)c3c([2H])c([2H])c([2H])c([2H])c23)c([2H])c1[2H]. The predicted molar refractivity (Wildman–Crippen MR) is 183 cm³/mol. The van der Waals surface area contributed by atoms with Crippen molar-refractivity contribution in [1.82, 2.24) is 0 Å². The lowest BCUT2D eigenvalue weighted by Gasteiger charge is -2.17. The maximum absolute atomic E-state index is 9.32. The Hall–Kier alpha value is -5.66. The number of furan rings is 1. The molecule has 0 aliphatic rings. The average molecular weight is 560 g/mol. The van der Waals surface area contributed by atoms with Crippen LogP contribution in [0.2, 0.25) is 0 Å². The van der Waals surface area contributed by atoms with E-state index in [1.54, 1.807) is 12.1 Å². The zero-order valence-corrected chi connectivity index (χ0v) is 22.4. The van der Waals surface area contributed by atoms with E-state index < -0.39 is 84.1 Å². The summed E-state index contributed by atoms with van der Waals surface area (Å²) in [6.45, 7) is 0. The first kappa shape index (κ1) is 14.5. The van der Waals surface area contributed by atoms with Gasteiger partial charge in [0.15, 0.2) is 0 Å². The molecule has 0 amide bonds. The molecule has 0 fully saturated rings. The summed E-state index contributed by atoms with van der Waals surface area (Å²) in [4.78, 5) is 0. The highest BCUT2D eigenvalue weighted by Crippen LogP contribution is 2.47. The fraction of sp³-hybridized carbons (Fsp3) is 0. The fourth-order valence-corrected chi connectivity index (χ4v) is 6.25. The minimum Gasteiger partial charge on any atom is -0.455 e. The van der Waals surface area contributed by atoms with Crippen LogP contribution in [0.3, 0.4) is 0 Å². The highest BCUT2D eigenvalue weighted by molar-refractivity contribution is 6.25. The molecule has 0 radical (unpaired) electrons. The summed E-state index contributed by atoms with van der Waals surface area (Å²) in [6, 6.07) is 16.4. The van der Waals surface area contributed by atoms with Crippen LogP contribution < -0.4 is 0 Å². The van der Waals surface area contributed by atoms with Gasteiger partial charge in [0.05, 0.1) is 17.8 Å². The molecule has 43 heavy (non-hydrogen) atoms. The van der Waals surface area contributed by atoms with Gasteiger partial charge in [-0.05, 0) is 60.6 Å². The van der Waals surface area contributed by atoms with Gasteiger partial charge in [-0.25, -0.2) is 0 Å². The Balaban J connectivity index is 1.54. The number of hydrogen-bond donors (Lipinski definition) is 0. The van der Waals surface area contributed by atoms with Gasteiger partial charge in [0.1, 0.15) is 11.2 Å². The van der Waals surface area contributed by atoms with Crippen molar-refractivity contribution in [2.24, 2.45) is 0 Å². The third-order valence-corrected chi connectivity index (χ3v) is 8.00. The summed E-state index contributed by atoms with van der Waals surface area (Å²) in [7, 11) is 0. The lowest BCUT2D eigenvalue weighted by atomic mass is 9.85. The minimum absolute atomic E-state index is 0.0153. The molecule has 9 rings (SSSR count). The zero-order valence-electron chi connectivity index (χ0n) is 35.4. The number of benzene rings is 8. The van der Waals surface area contributed by atoms with E-state index in [1.807, 2.05) is 66.7 Å². The van der Waals surface area contributed by atoms with Crippen LogP contribution in [-0.4, -0.2) is 0 Å². The number of rotatable bonds is 3. The van der Waals surface area contributed by atoms with E-state index in [4.69, 9.17) is 16.8 Å². The highest BCUT2D eigenvalue weighted by Gasteiger charge is 2.21. The molecule has 1 nitrogen and oxygen atoms in total. The number of hydrogen-bond acceptors (Lipinski definition) is 1. The van der Waals surface area contributed by atoms with E-state index in [1.165, 1.54) is 0 Å². The van der Waals surface area contributed by atoms with Crippen LogP contribution >= 0.6 is 0 Å². The maximum Gasteiger partial charge on any atom is 0.143 e. The van der Waals surface area contributed by atoms with Crippen molar-refractivity contribution in [3.8, 4) is 33.4 Å². The molecular weight excluding hydrogens is 520 g/mol. The second-order valence-electron chi connectivity index (χ2n) is 10.2. The van der Waals surface area contributed by atoms with Gasteiger partial charge in [0.2, 0.25) is 0 Å². The molecule has 0 N–H and O–H groups in total. The molecule has 1 aromatic heterocycles. The van der Waals surface area contributed by atoms with E-state index in [9.17, 15) is 5.48 Å². The van der Waals surface area contributed by atoms with Crippen LogP contribution in [0.25, 0.3) is 87.6 Å². The summed E-state index contributed by atoms with van der Waals surface area (Å²) < 4.78 is 122. The zero-order chi connectivity index (χ0) is 39.6. The van der Waals surface area contributed by atoms with E-state index >= 15 is 0 Å². The van der Waals surface area contributed by atoms with Crippen molar-refractivity contribution < 1.29 is 22.2 Å². The Morgan fingerprint density at radius 2 is 0.977 bits per heavy atom. The third-order valence-electron chi connectivity index (χ3n) is 8.00. The topological polar surface area (TPSA) is 13.1 Å². The quantitative estimate of drug-likeness (QED) is 0.196. The molecule has 0 saturated carbocycles.